The molecule has 3 N–H and O–H groups in total. The summed E-state index contributed by atoms with van der Waals surface area (Å²) in [6.07, 6.45) is 0.915. The second kappa shape index (κ2) is 5.01. The van der Waals surface area contributed by atoms with E-state index in [1.165, 1.54) is 6.07 Å². The second-order valence-electron chi connectivity index (χ2n) is 4.06. The van der Waals surface area contributed by atoms with Gasteiger partial charge in [-0.2, -0.15) is 0 Å². The molecule has 4 nitrogen and oxygen atoms in total. The first-order chi connectivity index (χ1) is 8.95. The van der Waals surface area contributed by atoms with Crippen molar-refractivity contribution in [1.29, 1.82) is 0 Å². The van der Waals surface area contributed by atoms with Gasteiger partial charge in [0.05, 0.1) is 11.8 Å². The van der Waals surface area contributed by atoms with Crippen LogP contribution >= 0.6 is 0 Å². The lowest BCUT2D eigenvalue weighted by Gasteiger charge is -2.08. The Labute approximate surface area is 108 Å². The molecule has 0 fully saturated rings. The average molecular weight is 263 g/mol. The van der Waals surface area contributed by atoms with Crippen LogP contribution in [0, 0.1) is 18.6 Å². The van der Waals surface area contributed by atoms with Gasteiger partial charge in [0.15, 0.2) is 0 Å². The molecule has 2 aromatic rings. The van der Waals surface area contributed by atoms with Crippen LogP contribution < -0.4 is 11.1 Å². The van der Waals surface area contributed by atoms with Crippen molar-refractivity contribution in [2.45, 2.75) is 6.92 Å². The van der Waals surface area contributed by atoms with Crippen molar-refractivity contribution in [3.63, 3.8) is 0 Å². The van der Waals surface area contributed by atoms with Crippen molar-refractivity contribution in [2.75, 3.05) is 11.1 Å². The summed E-state index contributed by atoms with van der Waals surface area (Å²) in [6.45, 7) is 1.69. The Morgan fingerprint density at radius 1 is 1.21 bits per heavy atom. The maximum atomic E-state index is 13.2. The van der Waals surface area contributed by atoms with Crippen LogP contribution in [0.25, 0.3) is 0 Å². The molecular weight excluding hydrogens is 252 g/mol. The number of amides is 1. The molecule has 0 unspecified atom stereocenters. The van der Waals surface area contributed by atoms with E-state index in [2.05, 4.69) is 10.3 Å². The normalized spacial score (nSPS) is 10.3. The highest BCUT2D eigenvalue weighted by Crippen LogP contribution is 2.16. The Hall–Kier alpha value is -2.50. The summed E-state index contributed by atoms with van der Waals surface area (Å²) in [5.74, 6) is -1.88. The summed E-state index contributed by atoms with van der Waals surface area (Å²) in [4.78, 5) is 15.4. The molecule has 0 aliphatic rings. The van der Waals surface area contributed by atoms with Crippen molar-refractivity contribution in [2.24, 2.45) is 0 Å². The largest absolute Gasteiger partial charge is 0.383 e. The van der Waals surface area contributed by atoms with Gasteiger partial charge in [-0.15, -0.1) is 0 Å². The minimum atomic E-state index is -0.672. The van der Waals surface area contributed by atoms with Crippen molar-refractivity contribution >= 4 is 17.4 Å². The zero-order chi connectivity index (χ0) is 14.0. The van der Waals surface area contributed by atoms with Crippen molar-refractivity contribution in [1.82, 2.24) is 4.98 Å². The fourth-order valence-electron chi connectivity index (χ4n) is 1.64. The van der Waals surface area contributed by atoms with Gasteiger partial charge in [0.1, 0.15) is 17.5 Å². The number of carbonyl (C=O) groups excluding carboxylic acids is 1. The van der Waals surface area contributed by atoms with E-state index in [0.29, 0.717) is 5.56 Å². The Balaban J connectivity index is 2.28. The molecule has 19 heavy (non-hydrogen) atoms. The molecule has 0 saturated carbocycles. The highest BCUT2D eigenvalue weighted by Gasteiger charge is 2.12. The number of nitrogens with zero attached hydrogens (tertiary/aromatic N) is 1. The number of aromatic nitrogens is 1. The van der Waals surface area contributed by atoms with Gasteiger partial charge in [0.25, 0.3) is 5.91 Å². The van der Waals surface area contributed by atoms with Gasteiger partial charge in [-0.1, -0.05) is 0 Å². The van der Waals surface area contributed by atoms with E-state index in [9.17, 15) is 13.6 Å². The van der Waals surface area contributed by atoms with E-state index in [1.807, 2.05) is 0 Å². The Morgan fingerprint density at radius 2 is 1.95 bits per heavy atom. The molecule has 1 aromatic heterocycles. The summed E-state index contributed by atoms with van der Waals surface area (Å²) < 4.78 is 26.2. The number of nitrogens with two attached hydrogens (primary N) is 1. The molecule has 0 bridgehead atoms. The van der Waals surface area contributed by atoms with Gasteiger partial charge in [-0.3, -0.25) is 4.79 Å². The SMILES string of the molecule is Cc1cc(F)cc(NC(=O)c2cc(F)cnc2N)c1. The number of aryl methyl sites for hydroxylation is 1. The first-order valence-corrected chi connectivity index (χ1v) is 5.45. The first-order valence-electron chi connectivity index (χ1n) is 5.45. The number of rotatable bonds is 2. The predicted molar refractivity (Wildman–Crippen MR) is 67.7 cm³/mol. The molecule has 1 amide bonds. The number of nitrogen functional groups attached to an aromatic ring is 1. The maximum Gasteiger partial charge on any atom is 0.259 e. The first kappa shape index (κ1) is 12.9. The van der Waals surface area contributed by atoms with Crippen LogP contribution in [0.2, 0.25) is 0 Å². The highest BCUT2D eigenvalue weighted by molar-refractivity contribution is 6.07. The number of hydrogen-bond acceptors (Lipinski definition) is 3. The van der Waals surface area contributed by atoms with E-state index in [4.69, 9.17) is 5.73 Å². The van der Waals surface area contributed by atoms with E-state index >= 15 is 0 Å². The van der Waals surface area contributed by atoms with Crippen LogP contribution in [0.15, 0.2) is 30.5 Å². The van der Waals surface area contributed by atoms with E-state index in [0.717, 1.165) is 18.3 Å². The quantitative estimate of drug-likeness (QED) is 0.874. The number of benzene rings is 1. The molecule has 0 saturated heterocycles. The average Bonchev–Trinajstić information content (AvgIpc) is 2.30. The summed E-state index contributed by atoms with van der Waals surface area (Å²) in [5.41, 5.74) is 6.32. The molecule has 98 valence electrons. The summed E-state index contributed by atoms with van der Waals surface area (Å²) in [5, 5.41) is 2.44. The molecule has 6 heteroatoms. The molecule has 0 atom stereocenters. The number of anilines is 2. The molecule has 0 aliphatic carbocycles. The van der Waals surface area contributed by atoms with Crippen LogP contribution in [0.3, 0.4) is 0 Å². The fourth-order valence-corrected chi connectivity index (χ4v) is 1.64. The third kappa shape index (κ3) is 3.04. The van der Waals surface area contributed by atoms with Crippen LogP contribution in [0.5, 0.6) is 0 Å². The number of halogens is 2. The summed E-state index contributed by atoms with van der Waals surface area (Å²) in [7, 11) is 0. The van der Waals surface area contributed by atoms with Gasteiger partial charge in [0.2, 0.25) is 0 Å². The lowest BCUT2D eigenvalue weighted by molar-refractivity contribution is 0.102. The Kier molecular flexibility index (Phi) is 3.41. The van der Waals surface area contributed by atoms with Gasteiger partial charge in [-0.05, 0) is 36.8 Å². The molecule has 0 radical (unpaired) electrons. The van der Waals surface area contributed by atoms with Gasteiger partial charge >= 0.3 is 0 Å². The maximum absolute atomic E-state index is 13.2. The Morgan fingerprint density at radius 3 is 2.63 bits per heavy atom. The third-order valence-corrected chi connectivity index (χ3v) is 2.43. The molecule has 0 spiro atoms. The molecular formula is C13H11F2N3O. The van der Waals surface area contributed by atoms with Crippen LogP contribution in [-0.2, 0) is 0 Å². The summed E-state index contributed by atoms with van der Waals surface area (Å²) in [6, 6.07) is 5.05. The van der Waals surface area contributed by atoms with E-state index in [1.54, 1.807) is 13.0 Å². The second-order valence-corrected chi connectivity index (χ2v) is 4.06. The number of carbonyl (C=O) groups is 1. The van der Waals surface area contributed by atoms with Gasteiger partial charge in [-0.25, -0.2) is 13.8 Å². The summed E-state index contributed by atoms with van der Waals surface area (Å²) >= 11 is 0. The van der Waals surface area contributed by atoms with Crippen LogP contribution in [0.4, 0.5) is 20.3 Å². The topological polar surface area (TPSA) is 68.0 Å². The molecule has 0 aliphatic heterocycles. The molecule has 1 heterocycles. The highest BCUT2D eigenvalue weighted by atomic mass is 19.1. The smallest absolute Gasteiger partial charge is 0.259 e. The van der Waals surface area contributed by atoms with E-state index < -0.39 is 17.5 Å². The zero-order valence-electron chi connectivity index (χ0n) is 10.1. The minimum Gasteiger partial charge on any atom is -0.383 e. The monoisotopic (exact) mass is 263 g/mol. The number of nitrogens with one attached hydrogen (secondary N) is 1. The predicted octanol–water partition coefficient (Wildman–Crippen LogP) is 2.50. The Bertz CT molecular complexity index is 624. The lowest BCUT2D eigenvalue weighted by Crippen LogP contribution is -2.15. The van der Waals surface area contributed by atoms with Gasteiger partial charge in [0, 0.05) is 5.69 Å². The lowest BCUT2D eigenvalue weighted by atomic mass is 10.2. The van der Waals surface area contributed by atoms with Crippen molar-refractivity contribution in [3.8, 4) is 0 Å². The van der Waals surface area contributed by atoms with E-state index in [-0.39, 0.29) is 17.1 Å². The van der Waals surface area contributed by atoms with Crippen LogP contribution in [0.1, 0.15) is 15.9 Å². The fraction of sp³-hybridized carbons (Fsp3) is 0.0769. The number of hydrogen-bond donors (Lipinski definition) is 2. The molecule has 2 rings (SSSR count). The minimum absolute atomic E-state index is 0.0907. The number of pyridine rings is 1. The molecule has 1 aromatic carbocycles. The van der Waals surface area contributed by atoms with Crippen molar-refractivity contribution < 1.29 is 13.6 Å². The third-order valence-electron chi connectivity index (χ3n) is 2.43. The van der Waals surface area contributed by atoms with Gasteiger partial charge < -0.3 is 11.1 Å². The van der Waals surface area contributed by atoms with Crippen molar-refractivity contribution in [3.05, 3.63) is 53.2 Å². The van der Waals surface area contributed by atoms with Crippen LogP contribution in [-0.4, -0.2) is 10.9 Å². The zero-order valence-corrected chi connectivity index (χ0v) is 10.1. The standard InChI is InChI=1S/C13H11F2N3O/c1-7-2-8(14)4-10(3-7)18-13(19)11-5-9(15)6-17-12(11)16/h2-6H,1H3,(H2,16,17)(H,18,19).